The minimum atomic E-state index is -0.448. The molecule has 1 heterocycles. The molecule has 0 saturated carbocycles. The first-order valence-corrected chi connectivity index (χ1v) is 6.18. The van der Waals surface area contributed by atoms with Gasteiger partial charge in [-0.2, -0.15) is 0 Å². The maximum absolute atomic E-state index is 11.0. The number of non-ortho nitro benzene ring substituents is 1. The van der Waals surface area contributed by atoms with Gasteiger partial charge >= 0.3 is 0 Å². The molecule has 0 unspecified atom stereocenters. The predicted molar refractivity (Wildman–Crippen MR) is 74.8 cm³/mol. The summed E-state index contributed by atoms with van der Waals surface area (Å²) in [6.07, 6.45) is 1.56. The van der Waals surface area contributed by atoms with Gasteiger partial charge in [0, 0.05) is 25.4 Å². The Morgan fingerprint density at radius 2 is 1.90 bits per heavy atom. The lowest BCUT2D eigenvalue weighted by molar-refractivity contribution is -0.383. The van der Waals surface area contributed by atoms with Crippen molar-refractivity contribution in [3.63, 3.8) is 0 Å². The average molecular weight is 277 g/mol. The van der Waals surface area contributed by atoms with Crippen molar-refractivity contribution in [2.24, 2.45) is 0 Å². The first-order valence-electron chi connectivity index (χ1n) is 6.18. The minimum Gasteiger partial charge on any atom is -0.395 e. The fourth-order valence-corrected chi connectivity index (χ4v) is 2.15. The molecule has 0 fully saturated rings. The molecule has 0 aliphatic heterocycles. The van der Waals surface area contributed by atoms with Crippen LogP contribution in [0.25, 0.3) is 10.9 Å². The molecule has 2 rings (SSSR count). The highest BCUT2D eigenvalue weighted by atomic mass is 16.6. The zero-order valence-corrected chi connectivity index (χ0v) is 10.8. The Hall–Kier alpha value is -2.25. The number of aliphatic hydroxyl groups excluding tert-OH is 2. The first kappa shape index (κ1) is 14.2. The molecule has 1 aromatic carbocycles. The van der Waals surface area contributed by atoms with Crippen molar-refractivity contribution in [2.75, 3.05) is 31.2 Å². The summed E-state index contributed by atoms with van der Waals surface area (Å²) in [7, 11) is 0. The van der Waals surface area contributed by atoms with Crippen molar-refractivity contribution >= 4 is 22.3 Å². The van der Waals surface area contributed by atoms with Crippen molar-refractivity contribution in [1.29, 1.82) is 0 Å². The molecule has 2 aromatic rings. The van der Waals surface area contributed by atoms with Crippen molar-refractivity contribution in [2.45, 2.75) is 0 Å². The van der Waals surface area contributed by atoms with Gasteiger partial charge < -0.3 is 15.1 Å². The maximum Gasteiger partial charge on any atom is 0.278 e. The summed E-state index contributed by atoms with van der Waals surface area (Å²) in [4.78, 5) is 16.5. The summed E-state index contributed by atoms with van der Waals surface area (Å²) in [5, 5.41) is 29.6. The number of hydrogen-bond acceptors (Lipinski definition) is 6. The number of aromatic nitrogens is 1. The van der Waals surface area contributed by atoms with Crippen LogP contribution in [0.2, 0.25) is 0 Å². The SMILES string of the molecule is O=[N+]([O-])c1ccc(N(CCO)CCO)c2ncccc12. The van der Waals surface area contributed by atoms with E-state index in [0.29, 0.717) is 29.7 Å². The lowest BCUT2D eigenvalue weighted by Gasteiger charge is -2.23. The van der Waals surface area contributed by atoms with Gasteiger partial charge in [-0.15, -0.1) is 0 Å². The summed E-state index contributed by atoms with van der Waals surface area (Å²) < 4.78 is 0. The summed E-state index contributed by atoms with van der Waals surface area (Å²) >= 11 is 0. The zero-order valence-electron chi connectivity index (χ0n) is 10.8. The average Bonchev–Trinajstić information content (AvgIpc) is 2.45. The van der Waals surface area contributed by atoms with Crippen LogP contribution in [0.1, 0.15) is 0 Å². The summed E-state index contributed by atoms with van der Waals surface area (Å²) in [6, 6.07) is 6.29. The number of pyridine rings is 1. The van der Waals surface area contributed by atoms with Crippen LogP contribution in [0, 0.1) is 10.1 Å². The molecule has 0 saturated heterocycles. The molecule has 0 radical (unpaired) electrons. The fraction of sp³-hybridized carbons (Fsp3) is 0.308. The van der Waals surface area contributed by atoms with Gasteiger partial charge in [0.05, 0.1) is 29.2 Å². The summed E-state index contributed by atoms with van der Waals surface area (Å²) in [6.45, 7) is 0.491. The first-order chi connectivity index (χ1) is 9.69. The number of benzene rings is 1. The molecule has 106 valence electrons. The van der Waals surface area contributed by atoms with Crippen LogP contribution in [0.15, 0.2) is 30.5 Å². The number of rotatable bonds is 6. The fourth-order valence-electron chi connectivity index (χ4n) is 2.15. The number of fused-ring (bicyclic) bond motifs is 1. The summed E-state index contributed by atoms with van der Waals surface area (Å²) in [5.41, 5.74) is 1.14. The van der Waals surface area contributed by atoms with E-state index < -0.39 is 4.92 Å². The molecule has 2 N–H and O–H groups in total. The number of aliphatic hydroxyl groups is 2. The van der Waals surface area contributed by atoms with Gasteiger partial charge in [-0.25, -0.2) is 0 Å². The quantitative estimate of drug-likeness (QED) is 0.602. The third-order valence-electron chi connectivity index (χ3n) is 3.00. The molecule has 0 aliphatic carbocycles. The van der Waals surface area contributed by atoms with Gasteiger partial charge in [-0.05, 0) is 18.2 Å². The van der Waals surface area contributed by atoms with Crippen LogP contribution in [-0.2, 0) is 0 Å². The number of hydrogen-bond donors (Lipinski definition) is 2. The van der Waals surface area contributed by atoms with E-state index in [9.17, 15) is 10.1 Å². The van der Waals surface area contributed by atoms with Gasteiger partial charge in [-0.1, -0.05) is 0 Å². The lowest BCUT2D eigenvalue weighted by atomic mass is 10.1. The smallest absolute Gasteiger partial charge is 0.278 e. The second kappa shape index (κ2) is 6.27. The Morgan fingerprint density at radius 3 is 2.50 bits per heavy atom. The second-order valence-corrected chi connectivity index (χ2v) is 4.19. The number of nitrogens with zero attached hydrogens (tertiary/aromatic N) is 3. The second-order valence-electron chi connectivity index (χ2n) is 4.19. The van der Waals surface area contributed by atoms with Gasteiger partial charge in [0.1, 0.15) is 5.52 Å². The Balaban J connectivity index is 2.59. The highest BCUT2D eigenvalue weighted by Crippen LogP contribution is 2.31. The predicted octanol–water partition coefficient (Wildman–Crippen LogP) is 0.934. The van der Waals surface area contributed by atoms with Gasteiger partial charge in [0.2, 0.25) is 0 Å². The van der Waals surface area contributed by atoms with Gasteiger partial charge in [0.25, 0.3) is 5.69 Å². The zero-order chi connectivity index (χ0) is 14.5. The van der Waals surface area contributed by atoms with Crippen molar-refractivity contribution in [3.05, 3.63) is 40.6 Å². The van der Waals surface area contributed by atoms with Crippen molar-refractivity contribution in [1.82, 2.24) is 4.98 Å². The van der Waals surface area contributed by atoms with Crippen LogP contribution in [0.4, 0.5) is 11.4 Å². The minimum absolute atomic E-state index is 0.00945. The molecular weight excluding hydrogens is 262 g/mol. The molecule has 7 nitrogen and oxygen atoms in total. The Morgan fingerprint density at radius 1 is 1.20 bits per heavy atom. The third-order valence-corrected chi connectivity index (χ3v) is 3.00. The Kier molecular flexibility index (Phi) is 4.44. The van der Waals surface area contributed by atoms with E-state index in [2.05, 4.69) is 4.98 Å². The third kappa shape index (κ3) is 2.68. The number of anilines is 1. The van der Waals surface area contributed by atoms with Crippen LogP contribution < -0.4 is 4.90 Å². The normalized spacial score (nSPS) is 10.7. The van der Waals surface area contributed by atoms with Crippen molar-refractivity contribution < 1.29 is 15.1 Å². The van der Waals surface area contributed by atoms with Crippen LogP contribution in [0.5, 0.6) is 0 Å². The highest BCUT2D eigenvalue weighted by molar-refractivity contribution is 5.97. The summed E-state index contributed by atoms with van der Waals surface area (Å²) in [5.74, 6) is 0. The largest absolute Gasteiger partial charge is 0.395 e. The maximum atomic E-state index is 11.0. The molecule has 0 bridgehead atoms. The van der Waals surface area contributed by atoms with Crippen molar-refractivity contribution in [3.8, 4) is 0 Å². The lowest BCUT2D eigenvalue weighted by Crippen LogP contribution is -2.30. The topological polar surface area (TPSA) is 99.7 Å². The highest BCUT2D eigenvalue weighted by Gasteiger charge is 2.17. The van der Waals surface area contributed by atoms with E-state index in [1.807, 2.05) is 0 Å². The van der Waals surface area contributed by atoms with E-state index in [1.165, 1.54) is 6.07 Å². The molecule has 0 spiro atoms. The van der Waals surface area contributed by atoms with Crippen LogP contribution >= 0.6 is 0 Å². The Bertz CT molecular complexity index is 612. The molecule has 0 aliphatic rings. The number of nitro benzene ring substituents is 1. The van der Waals surface area contributed by atoms with Crippen LogP contribution in [0.3, 0.4) is 0 Å². The molecule has 0 atom stereocenters. The van der Waals surface area contributed by atoms with Gasteiger partial charge in [0.15, 0.2) is 0 Å². The van der Waals surface area contributed by atoms with E-state index in [4.69, 9.17) is 10.2 Å². The Labute approximate surface area is 115 Å². The van der Waals surface area contributed by atoms with Crippen LogP contribution in [-0.4, -0.2) is 46.4 Å². The standard InChI is InChI=1S/C13H15N3O4/c17-8-6-15(7-9-18)12-4-3-11(16(19)20)10-2-1-5-14-13(10)12/h1-5,17-18H,6-9H2. The van der Waals surface area contributed by atoms with E-state index in [1.54, 1.807) is 29.3 Å². The molecular formula is C13H15N3O4. The molecule has 7 heteroatoms. The van der Waals surface area contributed by atoms with E-state index in [0.717, 1.165) is 0 Å². The molecule has 20 heavy (non-hydrogen) atoms. The number of nitro groups is 1. The molecule has 0 amide bonds. The van der Waals surface area contributed by atoms with Gasteiger partial charge in [-0.3, -0.25) is 15.1 Å². The molecule has 1 aromatic heterocycles. The monoisotopic (exact) mass is 277 g/mol. The van der Waals surface area contributed by atoms with E-state index >= 15 is 0 Å². The van der Waals surface area contributed by atoms with E-state index in [-0.39, 0.29) is 18.9 Å².